The standard InChI is InChI=1S/C19H17S.C7H5F3O3S/c1-16-12-14-19(15-13-16)20(17-8-4-2-5-9-17)18-10-6-3-7-11-18;8-7(9,10)5-2-1-3-6(4-5)14(11,12)13/h2-15H,1H3;1-4H,(H,11,12,13)/q+1;/p-1. The van der Waals surface area contributed by atoms with Gasteiger partial charge in [0.1, 0.15) is 10.1 Å². The van der Waals surface area contributed by atoms with E-state index < -0.39 is 26.8 Å². The fraction of sp³-hybridized carbons (Fsp3) is 0.0769. The van der Waals surface area contributed by atoms with Gasteiger partial charge >= 0.3 is 6.18 Å². The van der Waals surface area contributed by atoms with E-state index in [4.69, 9.17) is 0 Å². The normalized spacial score (nSPS) is 11.6. The second-order valence-electron chi connectivity index (χ2n) is 7.23. The minimum Gasteiger partial charge on any atom is -0.744 e. The second-order valence-corrected chi connectivity index (χ2v) is 10.6. The lowest BCUT2D eigenvalue weighted by atomic mass is 10.2. The average molecular weight is 503 g/mol. The lowest BCUT2D eigenvalue weighted by Gasteiger charge is -2.10. The van der Waals surface area contributed by atoms with Gasteiger partial charge in [0.25, 0.3) is 0 Å². The molecule has 0 spiro atoms. The van der Waals surface area contributed by atoms with Crippen LogP contribution in [0.25, 0.3) is 0 Å². The molecule has 0 unspecified atom stereocenters. The molecule has 0 aliphatic rings. The first-order valence-corrected chi connectivity index (χ1v) is 12.7. The smallest absolute Gasteiger partial charge is 0.416 e. The Bertz CT molecular complexity index is 1270. The molecule has 4 rings (SSSR count). The summed E-state index contributed by atoms with van der Waals surface area (Å²) in [6.07, 6.45) is -4.65. The summed E-state index contributed by atoms with van der Waals surface area (Å²) in [7, 11) is -4.86. The van der Waals surface area contributed by atoms with Crippen LogP contribution in [0.15, 0.2) is 129 Å². The van der Waals surface area contributed by atoms with Gasteiger partial charge in [-0.15, -0.1) is 0 Å². The highest BCUT2D eigenvalue weighted by atomic mass is 32.2. The topological polar surface area (TPSA) is 57.2 Å². The Labute approximate surface area is 200 Å². The fourth-order valence-corrected chi connectivity index (χ4v) is 5.62. The molecular weight excluding hydrogens is 481 g/mol. The number of rotatable bonds is 4. The van der Waals surface area contributed by atoms with E-state index in [0.29, 0.717) is 12.1 Å². The maximum absolute atomic E-state index is 12.1. The Morgan fingerprint density at radius 1 is 0.676 bits per heavy atom. The van der Waals surface area contributed by atoms with Crippen molar-refractivity contribution < 1.29 is 26.1 Å². The number of hydrogen-bond acceptors (Lipinski definition) is 3. The Balaban J connectivity index is 0.000000204. The van der Waals surface area contributed by atoms with Crippen LogP contribution in [0.5, 0.6) is 0 Å². The summed E-state index contributed by atoms with van der Waals surface area (Å²) in [5.41, 5.74) is 0.146. The van der Waals surface area contributed by atoms with Gasteiger partial charge in [-0.2, -0.15) is 13.2 Å². The molecule has 0 aliphatic heterocycles. The van der Waals surface area contributed by atoms with Gasteiger partial charge in [0, 0.05) is 0 Å². The van der Waals surface area contributed by atoms with Crippen LogP contribution >= 0.6 is 0 Å². The highest BCUT2D eigenvalue weighted by molar-refractivity contribution is 7.97. The van der Waals surface area contributed by atoms with Crippen LogP contribution in [-0.2, 0) is 27.2 Å². The molecule has 4 aromatic rings. The zero-order valence-electron chi connectivity index (χ0n) is 18.1. The van der Waals surface area contributed by atoms with Crippen LogP contribution in [0.3, 0.4) is 0 Å². The Kier molecular flexibility index (Phi) is 8.19. The minimum atomic E-state index is -4.84. The molecule has 0 fully saturated rings. The van der Waals surface area contributed by atoms with Gasteiger partial charge in [-0.25, -0.2) is 8.42 Å². The number of halogens is 3. The number of benzene rings is 4. The van der Waals surface area contributed by atoms with Crippen molar-refractivity contribution in [2.45, 2.75) is 32.7 Å². The molecule has 176 valence electrons. The average Bonchev–Trinajstić information content (AvgIpc) is 2.81. The summed E-state index contributed by atoms with van der Waals surface area (Å²) in [6, 6.07) is 33.1. The molecule has 0 bridgehead atoms. The summed E-state index contributed by atoms with van der Waals surface area (Å²) >= 11 is 0. The van der Waals surface area contributed by atoms with Crippen molar-refractivity contribution in [2.24, 2.45) is 0 Å². The van der Waals surface area contributed by atoms with Gasteiger partial charge < -0.3 is 4.55 Å². The van der Waals surface area contributed by atoms with E-state index in [-0.39, 0.29) is 10.9 Å². The van der Waals surface area contributed by atoms with Crippen LogP contribution in [0.2, 0.25) is 0 Å². The third kappa shape index (κ3) is 6.96. The minimum absolute atomic E-state index is 0.0229. The highest BCUT2D eigenvalue weighted by Crippen LogP contribution is 2.31. The first-order valence-electron chi connectivity index (χ1n) is 10.1. The molecule has 0 amide bonds. The largest absolute Gasteiger partial charge is 0.744 e. The SMILES string of the molecule is Cc1ccc([S+](c2ccccc2)c2ccccc2)cc1.O=S(=O)([O-])c1cccc(C(F)(F)F)c1. The molecule has 0 aromatic heterocycles. The Hall–Kier alpha value is -3.07. The fourth-order valence-electron chi connectivity index (χ4n) is 3.02. The van der Waals surface area contributed by atoms with Gasteiger partial charge in [0.05, 0.1) is 21.4 Å². The van der Waals surface area contributed by atoms with E-state index in [1.807, 2.05) is 0 Å². The van der Waals surface area contributed by atoms with Crippen LogP contribution in [-0.4, -0.2) is 13.0 Å². The van der Waals surface area contributed by atoms with E-state index in [0.717, 1.165) is 12.1 Å². The Morgan fingerprint density at radius 3 is 1.59 bits per heavy atom. The first-order chi connectivity index (χ1) is 16.1. The summed E-state index contributed by atoms with van der Waals surface area (Å²) in [6.45, 7) is 2.13. The summed E-state index contributed by atoms with van der Waals surface area (Å²) < 4.78 is 67.3. The molecule has 0 radical (unpaired) electrons. The van der Waals surface area contributed by atoms with Gasteiger partial charge in [0.15, 0.2) is 14.7 Å². The molecule has 0 heterocycles. The van der Waals surface area contributed by atoms with E-state index in [1.54, 1.807) is 0 Å². The van der Waals surface area contributed by atoms with Crippen LogP contribution < -0.4 is 0 Å². The molecule has 0 saturated carbocycles. The van der Waals surface area contributed by atoms with Gasteiger partial charge in [-0.3, -0.25) is 0 Å². The maximum Gasteiger partial charge on any atom is 0.416 e. The van der Waals surface area contributed by atoms with E-state index >= 15 is 0 Å². The number of alkyl halides is 3. The number of aryl methyl sites for hydroxylation is 1. The van der Waals surface area contributed by atoms with Crippen molar-refractivity contribution in [3.63, 3.8) is 0 Å². The first kappa shape index (κ1) is 25.6. The van der Waals surface area contributed by atoms with Crippen molar-refractivity contribution in [3.05, 3.63) is 120 Å². The van der Waals surface area contributed by atoms with Crippen molar-refractivity contribution >= 4 is 21.0 Å². The van der Waals surface area contributed by atoms with Crippen LogP contribution in [0, 0.1) is 6.92 Å². The van der Waals surface area contributed by atoms with E-state index in [2.05, 4.69) is 91.9 Å². The zero-order valence-corrected chi connectivity index (χ0v) is 19.7. The van der Waals surface area contributed by atoms with Crippen molar-refractivity contribution in [2.75, 3.05) is 0 Å². The van der Waals surface area contributed by atoms with Crippen molar-refractivity contribution in [1.29, 1.82) is 0 Å². The summed E-state index contributed by atoms with van der Waals surface area (Å²) in [4.78, 5) is 3.21. The third-order valence-electron chi connectivity index (χ3n) is 4.66. The van der Waals surface area contributed by atoms with Gasteiger partial charge in [0.2, 0.25) is 0 Å². The monoisotopic (exact) mass is 502 g/mol. The molecule has 4 aromatic carbocycles. The van der Waals surface area contributed by atoms with Crippen LogP contribution in [0.1, 0.15) is 11.1 Å². The van der Waals surface area contributed by atoms with Gasteiger partial charge in [-0.05, 0) is 61.5 Å². The molecule has 34 heavy (non-hydrogen) atoms. The van der Waals surface area contributed by atoms with Gasteiger partial charge in [-0.1, -0.05) is 60.2 Å². The number of hydrogen-bond donors (Lipinski definition) is 0. The van der Waals surface area contributed by atoms with E-state index in [9.17, 15) is 26.1 Å². The van der Waals surface area contributed by atoms with E-state index in [1.165, 1.54) is 20.2 Å². The molecule has 8 heteroatoms. The molecule has 0 aliphatic carbocycles. The zero-order chi connectivity index (χ0) is 24.8. The Morgan fingerprint density at radius 2 is 1.15 bits per heavy atom. The summed E-state index contributed by atoms with van der Waals surface area (Å²) in [5.74, 6) is 0. The molecule has 0 saturated heterocycles. The quantitative estimate of drug-likeness (QED) is 0.230. The highest BCUT2D eigenvalue weighted by Gasteiger charge is 2.31. The van der Waals surface area contributed by atoms with Crippen molar-refractivity contribution in [3.8, 4) is 0 Å². The predicted octanol–water partition coefficient (Wildman–Crippen LogP) is 6.70. The second kappa shape index (κ2) is 10.9. The molecular formula is C26H21F3O3S2. The molecule has 0 N–H and O–H groups in total. The molecule has 0 atom stereocenters. The van der Waals surface area contributed by atoms with Crippen molar-refractivity contribution in [1.82, 2.24) is 0 Å². The third-order valence-corrected chi connectivity index (χ3v) is 7.73. The summed E-state index contributed by atoms with van der Waals surface area (Å²) in [5, 5.41) is 0. The lowest BCUT2D eigenvalue weighted by molar-refractivity contribution is -0.137. The predicted molar refractivity (Wildman–Crippen MR) is 126 cm³/mol. The maximum atomic E-state index is 12.1. The lowest BCUT2D eigenvalue weighted by Crippen LogP contribution is -2.07. The molecule has 3 nitrogen and oxygen atoms in total. The van der Waals surface area contributed by atoms with Crippen LogP contribution in [0.4, 0.5) is 13.2 Å².